The maximum absolute atomic E-state index is 14.2. The molecule has 2 aliphatic rings. The van der Waals surface area contributed by atoms with Crippen LogP contribution in [0.15, 0.2) is 88.7 Å². The van der Waals surface area contributed by atoms with Crippen LogP contribution in [-0.2, 0) is 22.8 Å². The molecule has 5 aromatic heterocycles. The summed E-state index contributed by atoms with van der Waals surface area (Å²) in [6.07, 6.45) is 15.9. The fourth-order valence-electron chi connectivity index (χ4n) is 10.2. The molecule has 7 heterocycles. The molecule has 1 spiro atoms. The molecule has 0 atom stereocenters. The summed E-state index contributed by atoms with van der Waals surface area (Å²) in [7, 11) is -4.02. The van der Waals surface area contributed by atoms with Gasteiger partial charge in [0.05, 0.1) is 65.7 Å². The van der Waals surface area contributed by atoms with Crippen molar-refractivity contribution in [3.05, 3.63) is 99.7 Å². The Balaban J connectivity index is 1.03. The average molecular weight is 1220 g/mol. The maximum atomic E-state index is 14.2. The number of halogens is 4. The van der Waals surface area contributed by atoms with Crippen molar-refractivity contribution in [3.63, 3.8) is 0 Å². The normalized spacial score (nSPS) is 15.4. The number of ether oxygens (including phenoxy) is 1. The van der Waals surface area contributed by atoms with Crippen LogP contribution >= 0.6 is 57.7 Å². The number of fused-ring (bicyclic) bond motifs is 2. The summed E-state index contributed by atoms with van der Waals surface area (Å²) in [5.74, 6) is 1.55. The van der Waals surface area contributed by atoms with Gasteiger partial charge in [0.1, 0.15) is 56.0 Å². The second-order valence-corrected chi connectivity index (χ2v) is 29.2. The van der Waals surface area contributed by atoms with Crippen LogP contribution in [-0.4, -0.2) is 120 Å². The summed E-state index contributed by atoms with van der Waals surface area (Å²) >= 11 is 13.3. The fourth-order valence-corrected chi connectivity index (χ4v) is 13.7. The Labute approximate surface area is 461 Å². The van der Waals surface area contributed by atoms with Gasteiger partial charge in [0.2, 0.25) is 11.2 Å². The molecule has 3 N–H and O–H groups in total. The highest BCUT2D eigenvalue weighted by molar-refractivity contribution is 9.11. The van der Waals surface area contributed by atoms with Gasteiger partial charge < -0.3 is 34.7 Å². The summed E-state index contributed by atoms with van der Waals surface area (Å²) < 4.78 is 51.9. The average Bonchev–Trinajstić information content (AvgIpc) is 3.83. The van der Waals surface area contributed by atoms with Gasteiger partial charge in [0, 0.05) is 79.5 Å². The van der Waals surface area contributed by atoms with Gasteiger partial charge in [0.25, 0.3) is 0 Å². The Morgan fingerprint density at radius 2 is 1.36 bits per heavy atom. The van der Waals surface area contributed by atoms with Gasteiger partial charge in [-0.1, -0.05) is 0 Å². The number of piperidine rings is 2. The number of aromatic nitrogens is 10. The first kappa shape index (κ1) is 53.7. The zero-order valence-electron chi connectivity index (χ0n) is 43.1. The Morgan fingerprint density at radius 1 is 0.737 bits per heavy atom. The second kappa shape index (κ2) is 21.3. The van der Waals surface area contributed by atoms with Crippen LogP contribution in [0, 0.1) is 5.41 Å². The first-order chi connectivity index (χ1) is 36.2. The lowest BCUT2D eigenvalue weighted by Crippen LogP contribution is -2.53. The van der Waals surface area contributed by atoms with Gasteiger partial charge >= 0.3 is 0 Å². The minimum Gasteiger partial charge on any atom is -0.485 e. The lowest BCUT2D eigenvalue weighted by atomic mass is 9.70. The van der Waals surface area contributed by atoms with E-state index in [-0.39, 0.29) is 29.9 Å². The molecular weight excluding hydrogens is 1160 g/mol. The van der Waals surface area contributed by atoms with Crippen LogP contribution in [0.2, 0.25) is 5.28 Å². The Bertz CT molecular complexity index is 3620. The fraction of sp³-hybridized carbons (Fsp3) is 0.365. The van der Waals surface area contributed by atoms with E-state index in [2.05, 4.69) is 82.6 Å². The predicted molar refractivity (Wildman–Crippen MR) is 309 cm³/mol. The van der Waals surface area contributed by atoms with Crippen LogP contribution in [0.3, 0.4) is 0 Å². The van der Waals surface area contributed by atoms with Crippen molar-refractivity contribution in [1.29, 1.82) is 0 Å². The van der Waals surface area contributed by atoms with Gasteiger partial charge in [-0.15, -0.1) is 0 Å². The molecule has 2 saturated heterocycles. The van der Waals surface area contributed by atoms with Crippen molar-refractivity contribution >= 4 is 131 Å². The zero-order valence-corrected chi connectivity index (χ0v) is 48.8. The number of aryl methyl sites for hydroxylation is 1. The largest absolute Gasteiger partial charge is 0.485 e. The molecule has 3 aromatic carbocycles. The van der Waals surface area contributed by atoms with Gasteiger partial charge in [-0.05, 0) is 158 Å². The molecule has 8 aromatic rings. The van der Waals surface area contributed by atoms with Crippen molar-refractivity contribution in [1.82, 2.24) is 54.6 Å². The van der Waals surface area contributed by atoms with Crippen molar-refractivity contribution in [3.8, 4) is 16.9 Å². The molecule has 0 bridgehead atoms. The highest BCUT2D eigenvalue weighted by Crippen LogP contribution is 2.48. The number of rotatable bonds is 15. The quantitative estimate of drug-likeness (QED) is 0.0644. The van der Waals surface area contributed by atoms with Gasteiger partial charge in [-0.2, -0.15) is 15.1 Å². The van der Waals surface area contributed by atoms with Crippen molar-refractivity contribution < 1.29 is 18.3 Å². The first-order valence-corrected chi connectivity index (χ1v) is 31.8. The molecule has 2 fully saturated rings. The molecule has 0 unspecified atom stereocenters. The van der Waals surface area contributed by atoms with E-state index in [9.17, 15) is 13.5 Å². The number of likely N-dealkylation sites (tertiary alicyclic amines) is 1. The van der Waals surface area contributed by atoms with E-state index >= 15 is 0 Å². The lowest BCUT2D eigenvalue weighted by molar-refractivity contribution is 0.0112. The molecule has 18 nitrogen and oxygen atoms in total. The van der Waals surface area contributed by atoms with E-state index in [0.29, 0.717) is 81.8 Å². The second-order valence-electron chi connectivity index (χ2n) is 20.9. The Morgan fingerprint density at radius 3 is 2.00 bits per heavy atom. The molecule has 24 heteroatoms. The molecule has 396 valence electrons. The SMILES string of the molecule is Cn1cc(-c2cc(Nc3ncc(Br)c(Nc4ccc5nccnc5c4P(C)(C)=O)n3)c(OCc3cnc4ccc(Nc5nc(Cl)ncc5Br)c(P(C)(C)=O)c4n3)cc2N2CCC3(CC2)CCN(C(C)(C)CF)CC3)cn1. The summed E-state index contributed by atoms with van der Waals surface area (Å²) in [5, 5.41) is 15.9. The molecular formula is C52H57Br2ClFN15O3P2. The van der Waals surface area contributed by atoms with E-state index in [1.54, 1.807) is 68.4 Å². The van der Waals surface area contributed by atoms with Gasteiger partial charge in [0.15, 0.2) is 0 Å². The highest BCUT2D eigenvalue weighted by atomic mass is 79.9. The summed E-state index contributed by atoms with van der Waals surface area (Å²) in [6.45, 7) is 13.7. The third kappa shape index (κ3) is 11.3. The number of hydrogen-bond donors (Lipinski definition) is 3. The number of benzene rings is 3. The number of nitrogens with zero attached hydrogens (tertiary/aromatic N) is 12. The Kier molecular flexibility index (Phi) is 15.0. The topological polar surface area (TPSA) is 207 Å². The Hall–Kier alpha value is -5.69. The number of alkyl halides is 1. The molecule has 0 radical (unpaired) electrons. The van der Waals surface area contributed by atoms with Crippen LogP contribution in [0.5, 0.6) is 5.75 Å². The van der Waals surface area contributed by atoms with Crippen LogP contribution in [0.25, 0.3) is 33.2 Å². The summed E-state index contributed by atoms with van der Waals surface area (Å²) in [5.41, 5.74) is 6.84. The van der Waals surface area contributed by atoms with Crippen molar-refractivity contribution in [2.24, 2.45) is 12.5 Å². The molecule has 2 aliphatic heterocycles. The molecule has 10 rings (SSSR count). The third-order valence-corrected chi connectivity index (χ3v) is 18.7. The predicted octanol–water partition coefficient (Wildman–Crippen LogP) is 11.5. The molecule has 0 aliphatic carbocycles. The minimum atomic E-state index is -3.02. The molecule has 0 saturated carbocycles. The first-order valence-electron chi connectivity index (χ1n) is 24.7. The van der Waals surface area contributed by atoms with Gasteiger partial charge in [-0.3, -0.25) is 24.5 Å². The summed E-state index contributed by atoms with van der Waals surface area (Å²) in [6, 6.07) is 11.4. The highest BCUT2D eigenvalue weighted by Gasteiger charge is 2.41. The standard InChI is InChI=1S/C52H57Br2ClFN15O3P2/c1-51(2,30-56)71-20-14-52(15-21-71)12-18-70(19-13-52)41-23-42(74-29-32-25-59-37-9-11-39(46(44(37)63-32)76(6,7)73)64-47-34(53)26-60-49(55)67-47)40(22-33(41)31-24-62-69(3)28-31)66-50-61-27-35(54)48(68-50)65-38-10-8-36-43(58-17-16-57-36)45(38)75(4,5)72/h8-11,16-17,22-28H,12-15,18-21,29-30H2,1-7H3,(H,60,64,67)(H2,61,65,66,68). The third-order valence-electron chi connectivity index (χ3n) is 14.3. The molecule has 0 amide bonds. The van der Waals surface area contributed by atoms with E-state index in [0.717, 1.165) is 68.7 Å². The van der Waals surface area contributed by atoms with E-state index in [1.165, 1.54) is 0 Å². The van der Waals surface area contributed by atoms with Crippen molar-refractivity contribution in [2.45, 2.75) is 51.7 Å². The zero-order chi connectivity index (χ0) is 53.7. The smallest absolute Gasteiger partial charge is 0.229 e. The monoisotopic (exact) mass is 1210 g/mol. The lowest BCUT2D eigenvalue weighted by Gasteiger charge is -2.50. The molecule has 76 heavy (non-hydrogen) atoms. The van der Waals surface area contributed by atoms with Crippen LogP contribution in [0.1, 0.15) is 45.2 Å². The number of anilines is 7. The number of hydrogen-bond acceptors (Lipinski definition) is 17. The van der Waals surface area contributed by atoms with E-state index < -0.39 is 19.8 Å². The van der Waals surface area contributed by atoms with E-state index in [4.69, 9.17) is 36.3 Å². The maximum Gasteiger partial charge on any atom is 0.229 e. The number of nitrogens with one attached hydrogen (secondary N) is 3. The summed E-state index contributed by atoms with van der Waals surface area (Å²) in [4.78, 5) is 41.6. The van der Waals surface area contributed by atoms with E-state index in [1.807, 2.05) is 63.6 Å². The minimum absolute atomic E-state index is 0.0181. The van der Waals surface area contributed by atoms with Crippen molar-refractivity contribution in [2.75, 3.05) is 80.4 Å². The van der Waals surface area contributed by atoms with Gasteiger partial charge in [-0.25, -0.2) is 19.3 Å². The van der Waals surface area contributed by atoms with Crippen LogP contribution < -0.4 is 36.2 Å². The van der Waals surface area contributed by atoms with Crippen LogP contribution in [0.4, 0.5) is 44.7 Å².